The monoisotopic (exact) mass is 566 g/mol. The standard InChI is InChI=1S/C35H54N2O4/c1-32-12-9-29(40-23-20-36-16-3-4-17-36)25-27(32)7-8-31-30(32)10-13-33(2)34(31,38)14-15-35(33,28-11-22-39-26-28)41-24-21-37-18-5-6-19-37/h11,22,25-26,29-31,38H,3-10,12-21,23-24H2,1-2H3/t29-,30-,31+,32-,33-,34-,35+/m0/s1. The Labute approximate surface area is 247 Å². The van der Waals surface area contributed by atoms with Crippen LogP contribution in [0.3, 0.4) is 0 Å². The highest BCUT2D eigenvalue weighted by Crippen LogP contribution is 2.72. The van der Waals surface area contributed by atoms with E-state index in [1.807, 2.05) is 6.26 Å². The molecule has 6 aliphatic rings. The molecule has 3 saturated carbocycles. The van der Waals surface area contributed by atoms with Crippen LogP contribution in [0.5, 0.6) is 0 Å². The van der Waals surface area contributed by atoms with Crippen LogP contribution in [0.25, 0.3) is 0 Å². The Kier molecular flexibility index (Phi) is 7.72. The van der Waals surface area contributed by atoms with E-state index in [9.17, 15) is 5.11 Å². The van der Waals surface area contributed by atoms with Crippen LogP contribution in [-0.2, 0) is 15.1 Å². The number of nitrogens with zero attached hydrogens (tertiary/aromatic N) is 2. The second-order valence-corrected chi connectivity index (χ2v) is 14.9. The van der Waals surface area contributed by atoms with Crippen LogP contribution in [-0.4, -0.2) is 79.1 Å². The predicted molar refractivity (Wildman–Crippen MR) is 161 cm³/mol. The van der Waals surface area contributed by atoms with Gasteiger partial charge in [-0.05, 0) is 127 Å². The molecule has 0 amide bonds. The van der Waals surface area contributed by atoms with Crippen LogP contribution in [0.15, 0.2) is 34.7 Å². The van der Waals surface area contributed by atoms with Crippen LogP contribution in [0.1, 0.15) is 96.5 Å². The summed E-state index contributed by atoms with van der Waals surface area (Å²) in [6.45, 7) is 13.4. The van der Waals surface area contributed by atoms with Crippen molar-refractivity contribution in [3.05, 3.63) is 35.8 Å². The highest BCUT2D eigenvalue weighted by Gasteiger charge is 2.72. The fourth-order valence-corrected chi connectivity index (χ4v) is 10.8. The summed E-state index contributed by atoms with van der Waals surface area (Å²) in [5.41, 5.74) is 1.38. The molecular formula is C35H54N2O4. The van der Waals surface area contributed by atoms with Gasteiger partial charge in [-0.3, -0.25) is 0 Å². The predicted octanol–water partition coefficient (Wildman–Crippen LogP) is 6.15. The van der Waals surface area contributed by atoms with Gasteiger partial charge in [-0.15, -0.1) is 0 Å². The van der Waals surface area contributed by atoms with Gasteiger partial charge in [-0.25, -0.2) is 0 Å². The first-order chi connectivity index (χ1) is 19.9. The zero-order valence-electron chi connectivity index (χ0n) is 25.7. The molecule has 1 aromatic heterocycles. The molecule has 0 unspecified atom stereocenters. The SMILES string of the molecule is C[C@]12CC[C@H]3[C@@H](CCC4=C[C@@H](OCCN5CCCC5)CC[C@@]43C)[C@@]1(O)CC[C@@]2(OCCN1CCCC1)c1ccoc1. The molecule has 7 rings (SSSR count). The van der Waals surface area contributed by atoms with Crippen molar-refractivity contribution < 1.29 is 19.0 Å². The third kappa shape index (κ3) is 4.61. The van der Waals surface area contributed by atoms with Crippen LogP contribution in [0, 0.1) is 22.7 Å². The first-order valence-corrected chi connectivity index (χ1v) is 17.0. The number of ether oxygens (including phenoxy) is 2. The van der Waals surface area contributed by atoms with Crippen molar-refractivity contribution in [2.24, 2.45) is 22.7 Å². The lowest BCUT2D eigenvalue weighted by Crippen LogP contribution is -2.64. The molecule has 5 fully saturated rings. The van der Waals surface area contributed by atoms with Crippen molar-refractivity contribution in [3.63, 3.8) is 0 Å². The molecule has 6 nitrogen and oxygen atoms in total. The van der Waals surface area contributed by atoms with E-state index in [1.165, 1.54) is 58.3 Å². The third-order valence-corrected chi connectivity index (χ3v) is 13.3. The second-order valence-electron chi connectivity index (χ2n) is 14.9. The van der Waals surface area contributed by atoms with Gasteiger partial charge >= 0.3 is 0 Å². The number of aliphatic hydroxyl groups is 1. The minimum atomic E-state index is -0.724. The van der Waals surface area contributed by atoms with E-state index in [0.29, 0.717) is 18.4 Å². The van der Waals surface area contributed by atoms with E-state index < -0.39 is 11.2 Å². The number of hydrogen-bond acceptors (Lipinski definition) is 6. The van der Waals surface area contributed by atoms with Gasteiger partial charge in [-0.1, -0.05) is 25.5 Å². The molecule has 41 heavy (non-hydrogen) atoms. The van der Waals surface area contributed by atoms with Gasteiger partial charge in [0.15, 0.2) is 0 Å². The maximum atomic E-state index is 12.9. The van der Waals surface area contributed by atoms with Crippen LogP contribution < -0.4 is 0 Å². The normalized spacial score (nSPS) is 43.1. The molecular weight excluding hydrogens is 512 g/mol. The average Bonchev–Trinajstić information content (AvgIpc) is 3.79. The van der Waals surface area contributed by atoms with Crippen molar-refractivity contribution in [2.75, 3.05) is 52.5 Å². The van der Waals surface area contributed by atoms with E-state index >= 15 is 0 Å². The Hall–Kier alpha value is -1.18. The second kappa shape index (κ2) is 11.1. The molecule has 0 radical (unpaired) electrons. The highest BCUT2D eigenvalue weighted by molar-refractivity contribution is 5.33. The molecule has 0 spiro atoms. The highest BCUT2D eigenvalue weighted by atomic mass is 16.5. The molecule has 2 saturated heterocycles. The molecule has 0 bridgehead atoms. The number of rotatable bonds is 9. The lowest BCUT2D eigenvalue weighted by molar-refractivity contribution is -0.236. The summed E-state index contributed by atoms with van der Waals surface area (Å²) in [5, 5.41) is 12.9. The van der Waals surface area contributed by atoms with E-state index in [2.05, 4.69) is 35.8 Å². The summed E-state index contributed by atoms with van der Waals surface area (Å²) in [6.07, 6.45) is 20.0. The number of furan rings is 1. The third-order valence-electron chi connectivity index (χ3n) is 13.3. The van der Waals surface area contributed by atoms with E-state index in [0.717, 1.165) is 70.2 Å². The van der Waals surface area contributed by atoms with Gasteiger partial charge in [0, 0.05) is 24.1 Å². The van der Waals surface area contributed by atoms with Gasteiger partial charge in [0.1, 0.15) is 5.60 Å². The summed E-state index contributed by atoms with van der Waals surface area (Å²) >= 11 is 0. The molecule has 7 atom stereocenters. The van der Waals surface area contributed by atoms with Gasteiger partial charge in [0.2, 0.25) is 0 Å². The van der Waals surface area contributed by atoms with Gasteiger partial charge in [-0.2, -0.15) is 0 Å². The molecule has 228 valence electrons. The van der Waals surface area contributed by atoms with Crippen molar-refractivity contribution in [1.29, 1.82) is 0 Å². The summed E-state index contributed by atoms with van der Waals surface area (Å²) in [7, 11) is 0. The number of likely N-dealkylation sites (tertiary alicyclic amines) is 2. The van der Waals surface area contributed by atoms with Gasteiger partial charge in [0.05, 0.1) is 37.4 Å². The lowest BCUT2D eigenvalue weighted by Gasteiger charge is -2.63. The number of allylic oxidation sites excluding steroid dienone is 1. The fourth-order valence-electron chi connectivity index (χ4n) is 10.8. The maximum Gasteiger partial charge on any atom is 0.104 e. The Morgan fingerprint density at radius 3 is 2.32 bits per heavy atom. The van der Waals surface area contributed by atoms with Crippen molar-refractivity contribution in [3.8, 4) is 0 Å². The Morgan fingerprint density at radius 1 is 0.878 bits per heavy atom. The Balaban J connectivity index is 1.09. The fraction of sp³-hybridized carbons (Fsp3) is 0.829. The topological polar surface area (TPSA) is 58.3 Å². The molecule has 3 heterocycles. The maximum absolute atomic E-state index is 12.9. The number of hydrogen-bond donors (Lipinski definition) is 1. The number of fused-ring (bicyclic) bond motifs is 5. The summed E-state index contributed by atoms with van der Waals surface area (Å²) in [4.78, 5) is 5.08. The van der Waals surface area contributed by atoms with Crippen molar-refractivity contribution >= 4 is 0 Å². The average molecular weight is 567 g/mol. The molecule has 0 aromatic carbocycles. The summed E-state index contributed by atoms with van der Waals surface area (Å²) in [6, 6.07) is 2.10. The van der Waals surface area contributed by atoms with E-state index in [4.69, 9.17) is 13.9 Å². The molecule has 1 N–H and O–H groups in total. The zero-order chi connectivity index (χ0) is 28.1. The largest absolute Gasteiger partial charge is 0.472 e. The Morgan fingerprint density at radius 2 is 1.61 bits per heavy atom. The van der Waals surface area contributed by atoms with Crippen LogP contribution in [0.4, 0.5) is 0 Å². The first kappa shape index (κ1) is 28.6. The van der Waals surface area contributed by atoms with E-state index in [-0.39, 0.29) is 16.9 Å². The summed E-state index contributed by atoms with van der Waals surface area (Å²) in [5.74, 6) is 0.836. The first-order valence-electron chi connectivity index (χ1n) is 17.0. The van der Waals surface area contributed by atoms with Crippen LogP contribution >= 0.6 is 0 Å². The summed E-state index contributed by atoms with van der Waals surface area (Å²) < 4.78 is 19.1. The quantitative estimate of drug-likeness (QED) is 0.362. The van der Waals surface area contributed by atoms with Crippen molar-refractivity contribution in [1.82, 2.24) is 9.80 Å². The molecule has 4 aliphatic carbocycles. The molecule has 6 heteroatoms. The zero-order valence-corrected chi connectivity index (χ0v) is 25.7. The minimum Gasteiger partial charge on any atom is -0.472 e. The minimum absolute atomic E-state index is 0.173. The molecule has 2 aliphatic heterocycles. The Bertz CT molecular complexity index is 1080. The van der Waals surface area contributed by atoms with Gasteiger partial charge < -0.3 is 28.8 Å². The smallest absolute Gasteiger partial charge is 0.104 e. The lowest BCUT2D eigenvalue weighted by atomic mass is 9.44. The van der Waals surface area contributed by atoms with Gasteiger partial charge in [0.25, 0.3) is 0 Å². The van der Waals surface area contributed by atoms with E-state index in [1.54, 1.807) is 11.8 Å². The molecule has 1 aromatic rings. The van der Waals surface area contributed by atoms with Crippen molar-refractivity contribution in [2.45, 2.75) is 108 Å². The van der Waals surface area contributed by atoms with Crippen LogP contribution in [0.2, 0.25) is 0 Å².